The van der Waals surface area contributed by atoms with Gasteiger partial charge >= 0.3 is 0 Å². The minimum absolute atomic E-state index is 0.0628. The zero-order valence-electron chi connectivity index (χ0n) is 20.2. The normalized spacial score (nSPS) is 16.8. The highest BCUT2D eigenvalue weighted by Gasteiger charge is 2.46. The lowest BCUT2D eigenvalue weighted by atomic mass is 9.95. The van der Waals surface area contributed by atoms with E-state index in [4.69, 9.17) is 14.2 Å². The number of aliphatic hydroxyl groups excluding tert-OH is 1. The van der Waals surface area contributed by atoms with Gasteiger partial charge in [-0.15, -0.1) is 0 Å². The summed E-state index contributed by atoms with van der Waals surface area (Å²) >= 11 is 0. The molecule has 1 heterocycles. The second-order valence-corrected chi connectivity index (χ2v) is 8.22. The SMILES string of the molecule is COc1cccc([C@H]2C(=C(O)c3ccc(F)cc3)C(=O)C(=O)N2CCc2ccc(OC)c(OC)c2)c1. The number of aliphatic hydroxyl groups is 1. The van der Waals surface area contributed by atoms with Gasteiger partial charge in [0.1, 0.15) is 17.3 Å². The van der Waals surface area contributed by atoms with Crippen LogP contribution in [-0.4, -0.2) is 49.6 Å². The quantitative estimate of drug-likeness (QED) is 0.283. The van der Waals surface area contributed by atoms with E-state index in [0.717, 1.165) is 5.56 Å². The number of hydrogen-bond donors (Lipinski definition) is 1. The molecule has 0 saturated carbocycles. The number of carbonyl (C=O) groups is 2. The van der Waals surface area contributed by atoms with Crippen molar-refractivity contribution in [3.8, 4) is 17.2 Å². The second kappa shape index (κ2) is 10.5. The highest BCUT2D eigenvalue weighted by Crippen LogP contribution is 2.40. The van der Waals surface area contributed by atoms with Crippen LogP contribution in [0.5, 0.6) is 17.2 Å². The van der Waals surface area contributed by atoms with E-state index in [2.05, 4.69) is 0 Å². The Labute approximate surface area is 208 Å². The number of ether oxygens (including phenoxy) is 3. The number of amides is 1. The number of benzene rings is 3. The summed E-state index contributed by atoms with van der Waals surface area (Å²) in [6, 6.07) is 16.7. The lowest BCUT2D eigenvalue weighted by Gasteiger charge is -2.26. The number of ketones is 1. The van der Waals surface area contributed by atoms with Gasteiger partial charge < -0.3 is 24.2 Å². The maximum absolute atomic E-state index is 13.5. The molecule has 1 N–H and O–H groups in total. The molecule has 0 bridgehead atoms. The second-order valence-electron chi connectivity index (χ2n) is 8.22. The van der Waals surface area contributed by atoms with E-state index < -0.39 is 23.5 Å². The third-order valence-electron chi connectivity index (χ3n) is 6.16. The summed E-state index contributed by atoms with van der Waals surface area (Å²) in [5.74, 6) is -0.709. The number of rotatable bonds is 8. The van der Waals surface area contributed by atoms with Crippen molar-refractivity contribution in [3.63, 3.8) is 0 Å². The maximum Gasteiger partial charge on any atom is 0.295 e. The summed E-state index contributed by atoms with van der Waals surface area (Å²) in [5.41, 5.74) is 1.65. The van der Waals surface area contributed by atoms with Gasteiger partial charge in [0, 0.05) is 12.1 Å². The van der Waals surface area contributed by atoms with Crippen LogP contribution in [0.1, 0.15) is 22.7 Å². The number of hydrogen-bond acceptors (Lipinski definition) is 6. The van der Waals surface area contributed by atoms with Crippen molar-refractivity contribution >= 4 is 17.4 Å². The van der Waals surface area contributed by atoms with Crippen molar-refractivity contribution in [3.05, 3.63) is 94.8 Å². The van der Waals surface area contributed by atoms with Crippen molar-refractivity contribution in [1.29, 1.82) is 0 Å². The fourth-order valence-electron chi connectivity index (χ4n) is 4.32. The fraction of sp³-hybridized carbons (Fsp3) is 0.214. The van der Waals surface area contributed by atoms with E-state index in [-0.39, 0.29) is 23.4 Å². The molecule has 0 unspecified atom stereocenters. The first kappa shape index (κ1) is 24.8. The van der Waals surface area contributed by atoms with Crippen LogP contribution in [0.2, 0.25) is 0 Å². The third-order valence-corrected chi connectivity index (χ3v) is 6.16. The first-order valence-corrected chi connectivity index (χ1v) is 11.3. The number of nitrogens with zero attached hydrogens (tertiary/aromatic N) is 1. The van der Waals surface area contributed by atoms with Crippen LogP contribution < -0.4 is 14.2 Å². The van der Waals surface area contributed by atoms with Crippen LogP contribution in [0.15, 0.2) is 72.3 Å². The standard InChI is InChI=1S/C28H26FNO6/c1-34-21-6-4-5-19(16-21)25-24(26(31)18-8-10-20(29)11-9-18)27(32)28(33)30(25)14-13-17-7-12-22(35-2)23(15-17)36-3/h4-12,15-16,25,31H,13-14H2,1-3H3/t25-/m0/s1. The van der Waals surface area contributed by atoms with Crippen LogP contribution >= 0.6 is 0 Å². The van der Waals surface area contributed by atoms with E-state index in [0.29, 0.717) is 29.2 Å². The smallest absolute Gasteiger partial charge is 0.295 e. The summed E-state index contributed by atoms with van der Waals surface area (Å²) < 4.78 is 29.4. The topological polar surface area (TPSA) is 85.3 Å². The molecule has 0 aromatic heterocycles. The predicted molar refractivity (Wildman–Crippen MR) is 132 cm³/mol. The molecule has 0 radical (unpaired) electrons. The Hall–Kier alpha value is -4.33. The fourth-order valence-corrected chi connectivity index (χ4v) is 4.32. The van der Waals surface area contributed by atoms with Crippen molar-refractivity contribution in [2.45, 2.75) is 12.5 Å². The Morgan fingerprint density at radius 2 is 1.64 bits per heavy atom. The number of likely N-dealkylation sites (tertiary alicyclic amines) is 1. The molecule has 3 aromatic rings. The van der Waals surface area contributed by atoms with Crippen LogP contribution in [0.3, 0.4) is 0 Å². The van der Waals surface area contributed by atoms with Crippen molar-refractivity contribution in [2.24, 2.45) is 0 Å². The van der Waals surface area contributed by atoms with Crippen LogP contribution in [0.25, 0.3) is 5.76 Å². The molecule has 4 rings (SSSR count). The van der Waals surface area contributed by atoms with Gasteiger partial charge in [0.05, 0.1) is 32.9 Å². The van der Waals surface area contributed by atoms with Crippen molar-refractivity contribution in [2.75, 3.05) is 27.9 Å². The Morgan fingerprint density at radius 1 is 0.917 bits per heavy atom. The van der Waals surface area contributed by atoms with Gasteiger partial charge in [-0.05, 0) is 66.1 Å². The van der Waals surface area contributed by atoms with Crippen LogP contribution in [-0.2, 0) is 16.0 Å². The molecule has 1 aliphatic rings. The predicted octanol–water partition coefficient (Wildman–Crippen LogP) is 4.52. The molecule has 3 aromatic carbocycles. The summed E-state index contributed by atoms with van der Waals surface area (Å²) in [7, 11) is 4.61. The first-order valence-electron chi connectivity index (χ1n) is 11.3. The monoisotopic (exact) mass is 491 g/mol. The molecule has 0 spiro atoms. The molecule has 36 heavy (non-hydrogen) atoms. The number of Topliss-reactive ketones (excluding diaryl/α,β-unsaturated/α-hetero) is 1. The highest BCUT2D eigenvalue weighted by atomic mass is 19.1. The van der Waals surface area contributed by atoms with Gasteiger partial charge in [0.15, 0.2) is 11.5 Å². The van der Waals surface area contributed by atoms with Gasteiger partial charge in [-0.25, -0.2) is 4.39 Å². The largest absolute Gasteiger partial charge is 0.507 e. The zero-order chi connectivity index (χ0) is 25.8. The van der Waals surface area contributed by atoms with Gasteiger partial charge in [-0.2, -0.15) is 0 Å². The molecule has 1 aliphatic heterocycles. The van der Waals surface area contributed by atoms with E-state index in [1.54, 1.807) is 44.6 Å². The maximum atomic E-state index is 13.5. The summed E-state index contributed by atoms with van der Waals surface area (Å²) in [6.45, 7) is 0.197. The van der Waals surface area contributed by atoms with Crippen LogP contribution in [0, 0.1) is 5.82 Å². The molecule has 7 nitrogen and oxygen atoms in total. The lowest BCUT2D eigenvalue weighted by Crippen LogP contribution is -2.31. The molecule has 0 aliphatic carbocycles. The Kier molecular flexibility index (Phi) is 7.24. The molecule has 1 saturated heterocycles. The minimum atomic E-state index is -0.856. The summed E-state index contributed by atoms with van der Waals surface area (Å²) in [5, 5.41) is 11.1. The minimum Gasteiger partial charge on any atom is -0.507 e. The molecular weight excluding hydrogens is 465 g/mol. The first-order chi connectivity index (χ1) is 17.4. The van der Waals surface area contributed by atoms with Crippen LogP contribution in [0.4, 0.5) is 4.39 Å². The summed E-state index contributed by atoms with van der Waals surface area (Å²) in [6.07, 6.45) is 0.421. The van der Waals surface area contributed by atoms with E-state index in [1.165, 1.54) is 36.3 Å². The zero-order valence-corrected chi connectivity index (χ0v) is 20.2. The summed E-state index contributed by atoms with van der Waals surface area (Å²) in [4.78, 5) is 27.8. The third kappa shape index (κ3) is 4.75. The lowest BCUT2D eigenvalue weighted by molar-refractivity contribution is -0.139. The van der Waals surface area contributed by atoms with E-state index >= 15 is 0 Å². The number of halogens is 1. The average molecular weight is 492 g/mol. The van der Waals surface area contributed by atoms with Crippen molar-refractivity contribution in [1.82, 2.24) is 4.90 Å². The highest BCUT2D eigenvalue weighted by molar-refractivity contribution is 6.46. The average Bonchev–Trinajstić information content (AvgIpc) is 3.16. The molecule has 1 fully saturated rings. The molecule has 186 valence electrons. The molecule has 8 heteroatoms. The van der Waals surface area contributed by atoms with E-state index in [9.17, 15) is 19.1 Å². The van der Waals surface area contributed by atoms with Gasteiger partial charge in [0.25, 0.3) is 11.7 Å². The van der Waals surface area contributed by atoms with E-state index in [1.807, 2.05) is 12.1 Å². The van der Waals surface area contributed by atoms with Gasteiger partial charge in [-0.1, -0.05) is 18.2 Å². The number of carbonyl (C=O) groups excluding carboxylic acids is 2. The Morgan fingerprint density at radius 3 is 2.31 bits per heavy atom. The Bertz CT molecular complexity index is 1320. The molecule has 1 atom stereocenters. The number of methoxy groups -OCH3 is 3. The molecule has 1 amide bonds. The van der Waals surface area contributed by atoms with Gasteiger partial charge in [-0.3, -0.25) is 9.59 Å². The van der Waals surface area contributed by atoms with Crippen molar-refractivity contribution < 1.29 is 33.3 Å². The Balaban J connectivity index is 1.75. The van der Waals surface area contributed by atoms with Gasteiger partial charge in [0.2, 0.25) is 0 Å². The molecular formula is C28H26FNO6.